The van der Waals surface area contributed by atoms with E-state index in [2.05, 4.69) is 15.1 Å². The highest BCUT2D eigenvalue weighted by molar-refractivity contribution is 5.95. The average Bonchev–Trinajstić information content (AvgIpc) is 3.40. The molecule has 1 aliphatic rings. The number of fused-ring (bicyclic) bond motifs is 1. The van der Waals surface area contributed by atoms with E-state index in [1.807, 2.05) is 70.6 Å². The van der Waals surface area contributed by atoms with Gasteiger partial charge in [-0.1, -0.05) is 0 Å². The van der Waals surface area contributed by atoms with E-state index in [4.69, 9.17) is 0 Å². The molecule has 4 aromatic rings. The second kappa shape index (κ2) is 6.30. The molecule has 5 rings (SSSR count). The van der Waals surface area contributed by atoms with Crippen molar-refractivity contribution in [3.05, 3.63) is 60.3 Å². The fourth-order valence-electron chi connectivity index (χ4n) is 3.85. The number of carbonyl (C=O) groups is 1. The van der Waals surface area contributed by atoms with Crippen LogP contribution < -0.4 is 4.90 Å². The van der Waals surface area contributed by atoms with Crippen LogP contribution in [0, 0.1) is 13.8 Å². The predicted molar refractivity (Wildman–Crippen MR) is 107 cm³/mol. The minimum absolute atomic E-state index is 0.194. The normalized spacial score (nSPS) is 14.4. The summed E-state index contributed by atoms with van der Waals surface area (Å²) in [7, 11) is 0. The monoisotopic (exact) mass is 372 g/mol. The van der Waals surface area contributed by atoms with E-state index in [1.165, 1.54) is 0 Å². The molecule has 0 saturated carbocycles. The van der Waals surface area contributed by atoms with Gasteiger partial charge in [0.25, 0.3) is 0 Å². The lowest BCUT2D eigenvalue weighted by atomic mass is 10.2. The molecular weight excluding hydrogens is 352 g/mol. The van der Waals surface area contributed by atoms with Gasteiger partial charge in [-0.3, -0.25) is 9.36 Å². The van der Waals surface area contributed by atoms with Crippen LogP contribution in [0.1, 0.15) is 24.2 Å². The summed E-state index contributed by atoms with van der Waals surface area (Å²) in [5, 5.41) is 4.48. The Bertz CT molecular complexity index is 1190. The lowest BCUT2D eigenvalue weighted by Gasteiger charge is -2.16. The molecule has 0 N–H and O–H groups in total. The van der Waals surface area contributed by atoms with Gasteiger partial charge in [-0.2, -0.15) is 5.10 Å². The summed E-state index contributed by atoms with van der Waals surface area (Å²) in [5.41, 5.74) is 5.58. The van der Waals surface area contributed by atoms with E-state index in [9.17, 15) is 4.79 Å². The molecule has 1 fully saturated rings. The molecule has 0 spiro atoms. The SMILES string of the molecule is Cc1cc(C)n2ncc(-c3nccn3-c3ccc(N4CCCC4=O)cc3)c2n1. The quantitative estimate of drug-likeness (QED) is 0.553. The maximum atomic E-state index is 12.0. The Balaban J connectivity index is 1.56. The number of hydrogen-bond acceptors (Lipinski definition) is 4. The molecule has 0 aliphatic carbocycles. The Labute approximate surface area is 162 Å². The van der Waals surface area contributed by atoms with Crippen LogP contribution in [0.4, 0.5) is 5.69 Å². The number of anilines is 1. The highest BCUT2D eigenvalue weighted by Gasteiger charge is 2.22. The van der Waals surface area contributed by atoms with Gasteiger partial charge in [-0.15, -0.1) is 0 Å². The van der Waals surface area contributed by atoms with Crippen molar-refractivity contribution in [3.63, 3.8) is 0 Å². The van der Waals surface area contributed by atoms with Crippen LogP contribution in [0.25, 0.3) is 22.7 Å². The third kappa shape index (κ3) is 2.58. The summed E-state index contributed by atoms with van der Waals surface area (Å²) in [6, 6.07) is 10.0. The van der Waals surface area contributed by atoms with Gasteiger partial charge in [0.2, 0.25) is 5.91 Å². The molecular formula is C21H20N6O. The molecule has 1 amide bonds. The molecule has 7 nitrogen and oxygen atoms in total. The Morgan fingerprint density at radius 3 is 2.61 bits per heavy atom. The highest BCUT2D eigenvalue weighted by atomic mass is 16.2. The number of rotatable bonds is 3. The van der Waals surface area contributed by atoms with Crippen LogP contribution >= 0.6 is 0 Å². The molecule has 1 aromatic carbocycles. The maximum Gasteiger partial charge on any atom is 0.227 e. The molecule has 0 radical (unpaired) electrons. The van der Waals surface area contributed by atoms with E-state index in [0.717, 1.165) is 52.8 Å². The van der Waals surface area contributed by atoms with E-state index >= 15 is 0 Å². The van der Waals surface area contributed by atoms with Crippen molar-refractivity contribution < 1.29 is 4.79 Å². The Morgan fingerprint density at radius 1 is 1.07 bits per heavy atom. The van der Waals surface area contributed by atoms with Crippen molar-refractivity contribution in [1.82, 2.24) is 24.1 Å². The standard InChI is InChI=1S/C21H20N6O/c1-14-12-15(2)27-21(24-14)18(13-23-27)20-22-9-11-26(20)17-7-5-16(6-8-17)25-10-3-4-19(25)28/h5-9,11-13H,3-4,10H2,1-2H3. The predicted octanol–water partition coefficient (Wildman–Crippen LogP) is 3.33. The van der Waals surface area contributed by atoms with Gasteiger partial charge in [0.1, 0.15) is 5.82 Å². The van der Waals surface area contributed by atoms with Crippen LogP contribution in [-0.4, -0.2) is 36.6 Å². The number of benzene rings is 1. The first-order chi connectivity index (χ1) is 13.6. The van der Waals surface area contributed by atoms with Crippen molar-refractivity contribution >= 4 is 17.2 Å². The number of nitrogens with zero attached hydrogens (tertiary/aromatic N) is 6. The van der Waals surface area contributed by atoms with Crippen LogP contribution in [-0.2, 0) is 4.79 Å². The molecule has 4 heterocycles. The molecule has 1 aliphatic heterocycles. The van der Waals surface area contributed by atoms with E-state index in [1.54, 1.807) is 6.20 Å². The molecule has 140 valence electrons. The third-order valence-electron chi connectivity index (χ3n) is 5.17. The number of carbonyl (C=O) groups excluding carboxylic acids is 1. The maximum absolute atomic E-state index is 12.0. The summed E-state index contributed by atoms with van der Waals surface area (Å²) >= 11 is 0. The van der Waals surface area contributed by atoms with Crippen LogP contribution in [0.2, 0.25) is 0 Å². The molecule has 0 atom stereocenters. The topological polar surface area (TPSA) is 68.3 Å². The fraction of sp³-hybridized carbons (Fsp3) is 0.238. The van der Waals surface area contributed by atoms with Crippen molar-refractivity contribution in [2.24, 2.45) is 0 Å². The Morgan fingerprint density at radius 2 is 1.86 bits per heavy atom. The van der Waals surface area contributed by atoms with Gasteiger partial charge in [0, 0.05) is 48.1 Å². The number of imidazole rings is 1. The lowest BCUT2D eigenvalue weighted by Crippen LogP contribution is -2.23. The molecule has 1 saturated heterocycles. The zero-order chi connectivity index (χ0) is 19.3. The summed E-state index contributed by atoms with van der Waals surface area (Å²) in [6.45, 7) is 4.79. The second-order valence-electron chi connectivity index (χ2n) is 7.12. The van der Waals surface area contributed by atoms with E-state index in [-0.39, 0.29) is 5.91 Å². The summed E-state index contributed by atoms with van der Waals surface area (Å²) in [4.78, 5) is 23.0. The molecule has 0 unspecified atom stereocenters. The van der Waals surface area contributed by atoms with Crippen LogP contribution in [0.3, 0.4) is 0 Å². The van der Waals surface area contributed by atoms with Crippen molar-refractivity contribution in [2.45, 2.75) is 26.7 Å². The molecule has 7 heteroatoms. The zero-order valence-electron chi connectivity index (χ0n) is 15.8. The molecule has 3 aromatic heterocycles. The lowest BCUT2D eigenvalue weighted by molar-refractivity contribution is -0.117. The van der Waals surface area contributed by atoms with Gasteiger partial charge >= 0.3 is 0 Å². The van der Waals surface area contributed by atoms with Crippen LogP contribution in [0.15, 0.2) is 48.9 Å². The average molecular weight is 372 g/mol. The number of amides is 1. The van der Waals surface area contributed by atoms with Gasteiger partial charge < -0.3 is 4.90 Å². The Kier molecular flexibility index (Phi) is 3.75. The first-order valence-corrected chi connectivity index (χ1v) is 9.38. The largest absolute Gasteiger partial charge is 0.312 e. The van der Waals surface area contributed by atoms with Crippen molar-refractivity contribution in [1.29, 1.82) is 0 Å². The summed E-state index contributed by atoms with van der Waals surface area (Å²) in [5.74, 6) is 0.983. The van der Waals surface area contributed by atoms with Crippen LogP contribution in [0.5, 0.6) is 0 Å². The third-order valence-corrected chi connectivity index (χ3v) is 5.17. The second-order valence-corrected chi connectivity index (χ2v) is 7.12. The zero-order valence-corrected chi connectivity index (χ0v) is 15.8. The number of aromatic nitrogens is 5. The van der Waals surface area contributed by atoms with E-state index < -0.39 is 0 Å². The Hall–Kier alpha value is -3.48. The first kappa shape index (κ1) is 16.7. The minimum atomic E-state index is 0.194. The minimum Gasteiger partial charge on any atom is -0.312 e. The molecule has 28 heavy (non-hydrogen) atoms. The molecule has 0 bridgehead atoms. The number of hydrogen-bond donors (Lipinski definition) is 0. The smallest absolute Gasteiger partial charge is 0.227 e. The summed E-state index contributed by atoms with van der Waals surface area (Å²) < 4.78 is 3.86. The first-order valence-electron chi connectivity index (χ1n) is 9.38. The van der Waals surface area contributed by atoms with Gasteiger partial charge in [0.15, 0.2) is 5.65 Å². The van der Waals surface area contributed by atoms with Gasteiger partial charge in [0.05, 0.1) is 11.8 Å². The fourth-order valence-corrected chi connectivity index (χ4v) is 3.85. The number of aryl methyl sites for hydroxylation is 2. The van der Waals surface area contributed by atoms with E-state index in [0.29, 0.717) is 6.42 Å². The summed E-state index contributed by atoms with van der Waals surface area (Å²) in [6.07, 6.45) is 7.07. The highest BCUT2D eigenvalue weighted by Crippen LogP contribution is 2.27. The van der Waals surface area contributed by atoms with Crippen molar-refractivity contribution in [3.8, 4) is 17.1 Å². The van der Waals surface area contributed by atoms with Crippen molar-refractivity contribution in [2.75, 3.05) is 11.4 Å². The van der Waals surface area contributed by atoms with Gasteiger partial charge in [-0.25, -0.2) is 14.5 Å². The van der Waals surface area contributed by atoms with Gasteiger partial charge in [-0.05, 0) is 50.6 Å².